The third kappa shape index (κ3) is 6.14. The molecular weight excluding hydrogens is 576 g/mol. The monoisotopic (exact) mass is 604 g/mol. The number of ether oxygens (including phenoxy) is 1. The molecule has 3 heterocycles. The van der Waals surface area contributed by atoms with Crippen LogP contribution in [0.25, 0.3) is 22.3 Å². The molecule has 0 saturated carbocycles. The van der Waals surface area contributed by atoms with Gasteiger partial charge in [0.15, 0.2) is 0 Å². The molecule has 1 aliphatic heterocycles. The number of benzene rings is 3. The van der Waals surface area contributed by atoms with Gasteiger partial charge in [-0.1, -0.05) is 18.2 Å². The first kappa shape index (κ1) is 29.3. The minimum absolute atomic E-state index is 0.0521. The van der Waals surface area contributed by atoms with E-state index in [1.54, 1.807) is 41.8 Å². The number of carboxylic acids is 1. The van der Waals surface area contributed by atoms with Crippen molar-refractivity contribution in [2.45, 2.75) is 32.7 Å². The Morgan fingerprint density at radius 1 is 0.932 bits per heavy atom. The summed E-state index contributed by atoms with van der Waals surface area (Å²) in [6.45, 7) is 3.18. The second-order valence-corrected chi connectivity index (χ2v) is 10.9. The molecule has 1 saturated heterocycles. The number of rotatable bonds is 10. The average Bonchev–Trinajstić information content (AvgIpc) is 3.32. The van der Waals surface area contributed by atoms with E-state index in [1.807, 2.05) is 4.90 Å². The zero-order chi connectivity index (χ0) is 31.0. The van der Waals surface area contributed by atoms with Gasteiger partial charge in [-0.25, -0.2) is 32.3 Å². The number of aromatic carboxylic acids is 1. The molecule has 5 aromatic rings. The molecule has 44 heavy (non-hydrogen) atoms. The van der Waals surface area contributed by atoms with E-state index < -0.39 is 29.6 Å². The molecule has 0 unspecified atom stereocenters. The third-order valence-electron chi connectivity index (χ3n) is 7.69. The van der Waals surface area contributed by atoms with Crippen LogP contribution in [0.3, 0.4) is 0 Å². The number of carboxylic acid groups (broad SMARTS) is 1. The third-order valence-corrected chi connectivity index (χ3v) is 7.69. The summed E-state index contributed by atoms with van der Waals surface area (Å²) in [6, 6.07) is 16.1. The summed E-state index contributed by atoms with van der Waals surface area (Å²) in [5, 5.41) is 9.48. The summed E-state index contributed by atoms with van der Waals surface area (Å²) in [5.41, 5.74) is 2.37. The van der Waals surface area contributed by atoms with Crippen LogP contribution < -0.4 is 4.74 Å². The van der Waals surface area contributed by atoms with Crippen molar-refractivity contribution < 1.29 is 32.2 Å². The topological polar surface area (TPSA) is 80.5 Å². The Balaban J connectivity index is 1.25. The maximum absolute atomic E-state index is 15.5. The summed E-state index contributed by atoms with van der Waals surface area (Å²) in [4.78, 5) is 22.4. The molecule has 226 valence electrons. The Bertz CT molecular complexity index is 1870. The summed E-state index contributed by atoms with van der Waals surface area (Å²) in [6.07, 6.45) is -0.939. The van der Waals surface area contributed by atoms with E-state index in [0.29, 0.717) is 48.6 Å². The van der Waals surface area contributed by atoms with Crippen LogP contribution in [-0.4, -0.2) is 56.3 Å². The van der Waals surface area contributed by atoms with Gasteiger partial charge in [-0.2, -0.15) is 0 Å². The molecule has 0 aliphatic carbocycles. The number of hydrogen-bond acceptors (Lipinski definition) is 5. The van der Waals surface area contributed by atoms with Crippen molar-refractivity contribution in [3.8, 4) is 17.1 Å². The van der Waals surface area contributed by atoms with E-state index in [4.69, 9.17) is 4.74 Å². The highest BCUT2D eigenvalue weighted by Gasteiger charge is 2.26. The van der Waals surface area contributed by atoms with Gasteiger partial charge >= 0.3 is 5.97 Å². The fraction of sp³-hybridized carbons (Fsp3) is 0.242. The van der Waals surface area contributed by atoms with Gasteiger partial charge in [0.2, 0.25) is 5.88 Å². The van der Waals surface area contributed by atoms with Crippen molar-refractivity contribution in [1.29, 1.82) is 0 Å². The van der Waals surface area contributed by atoms with Gasteiger partial charge in [0.25, 0.3) is 0 Å². The molecule has 2 aromatic heterocycles. The van der Waals surface area contributed by atoms with Gasteiger partial charge in [-0.05, 0) is 60.5 Å². The number of halogens is 4. The van der Waals surface area contributed by atoms with Gasteiger partial charge in [-0.15, -0.1) is 0 Å². The molecule has 7 nitrogen and oxygen atoms in total. The Morgan fingerprint density at radius 2 is 1.73 bits per heavy atom. The van der Waals surface area contributed by atoms with Crippen molar-refractivity contribution in [3.05, 3.63) is 112 Å². The highest BCUT2D eigenvalue weighted by molar-refractivity contribution is 5.92. The SMILES string of the molecule is Cc1ccc(COc2cccc(-c3cc(F)c(Cc4nc5ccc(C(=O)O)cc5n4CCN4CC(F)C4)cc3F)n2)c(F)c1. The second kappa shape index (κ2) is 12.1. The van der Waals surface area contributed by atoms with Crippen LogP contribution in [0.2, 0.25) is 0 Å². The lowest BCUT2D eigenvalue weighted by Gasteiger charge is -2.34. The minimum atomic E-state index is -1.10. The summed E-state index contributed by atoms with van der Waals surface area (Å²) >= 11 is 0. The molecule has 3 aromatic carbocycles. The number of aromatic nitrogens is 3. The summed E-state index contributed by atoms with van der Waals surface area (Å²) < 4.78 is 65.9. The molecule has 0 spiro atoms. The fourth-order valence-corrected chi connectivity index (χ4v) is 5.28. The molecule has 0 radical (unpaired) electrons. The van der Waals surface area contributed by atoms with Crippen LogP contribution in [0.15, 0.2) is 66.7 Å². The molecule has 6 rings (SSSR count). The van der Waals surface area contributed by atoms with E-state index in [9.17, 15) is 18.7 Å². The van der Waals surface area contributed by atoms with Crippen molar-refractivity contribution in [2.24, 2.45) is 0 Å². The molecule has 0 amide bonds. The number of fused-ring (bicyclic) bond motifs is 1. The maximum atomic E-state index is 15.5. The number of nitrogens with zero attached hydrogens (tertiary/aromatic N) is 4. The lowest BCUT2D eigenvalue weighted by molar-refractivity contribution is 0.0629. The zero-order valence-electron chi connectivity index (χ0n) is 23.7. The Labute approximate surface area is 250 Å². The first-order valence-electron chi connectivity index (χ1n) is 14.1. The minimum Gasteiger partial charge on any atom is -0.478 e. The van der Waals surface area contributed by atoms with Gasteiger partial charge in [-0.3, -0.25) is 4.90 Å². The Hall–Kier alpha value is -4.77. The highest BCUT2D eigenvalue weighted by Crippen LogP contribution is 2.28. The molecule has 11 heteroatoms. The van der Waals surface area contributed by atoms with Crippen LogP contribution in [0, 0.1) is 24.4 Å². The van der Waals surface area contributed by atoms with Crippen molar-refractivity contribution >= 4 is 17.0 Å². The number of hydrogen-bond donors (Lipinski definition) is 1. The Morgan fingerprint density at radius 3 is 2.48 bits per heavy atom. The first-order chi connectivity index (χ1) is 21.1. The van der Waals surface area contributed by atoms with Crippen molar-refractivity contribution in [3.63, 3.8) is 0 Å². The maximum Gasteiger partial charge on any atom is 0.335 e. The predicted molar refractivity (Wildman–Crippen MR) is 156 cm³/mol. The van der Waals surface area contributed by atoms with Gasteiger partial charge in [0.1, 0.15) is 36.1 Å². The van der Waals surface area contributed by atoms with E-state index in [2.05, 4.69) is 9.97 Å². The molecule has 0 atom stereocenters. The van der Waals surface area contributed by atoms with Crippen molar-refractivity contribution in [1.82, 2.24) is 19.4 Å². The smallest absolute Gasteiger partial charge is 0.335 e. The van der Waals surface area contributed by atoms with Crippen molar-refractivity contribution in [2.75, 3.05) is 19.6 Å². The number of likely N-dealkylation sites (tertiary alicyclic amines) is 1. The van der Waals surface area contributed by atoms with Crippen LogP contribution in [0.4, 0.5) is 17.6 Å². The van der Waals surface area contributed by atoms with Crippen LogP contribution in [0.1, 0.15) is 32.9 Å². The summed E-state index contributed by atoms with van der Waals surface area (Å²) in [5.74, 6) is -2.34. The molecule has 1 aliphatic rings. The lowest BCUT2D eigenvalue weighted by Crippen LogP contribution is -2.49. The number of imidazole rings is 1. The molecular formula is C33H28F4N4O3. The fourth-order valence-electron chi connectivity index (χ4n) is 5.28. The van der Waals surface area contributed by atoms with E-state index in [1.165, 1.54) is 24.3 Å². The lowest BCUT2D eigenvalue weighted by atomic mass is 10.0. The van der Waals surface area contributed by atoms with Gasteiger partial charge < -0.3 is 14.4 Å². The standard InChI is InChI=1S/C33H28F4N4O3/c1-19-5-6-21(25(35)11-19)18-44-32-4-2-3-28(39-32)24-15-26(36)22(12-27(24)37)14-31-38-29-8-7-20(33(42)43)13-30(29)41(31)10-9-40-16-23(34)17-40/h2-8,11-13,15,23H,9-10,14,16-18H2,1H3,(H,42,43). The van der Waals surface area contributed by atoms with Crippen LogP contribution in [-0.2, 0) is 19.6 Å². The summed E-state index contributed by atoms with van der Waals surface area (Å²) in [7, 11) is 0. The Kier molecular flexibility index (Phi) is 8.05. The first-order valence-corrected chi connectivity index (χ1v) is 14.1. The number of alkyl halides is 1. The van der Waals surface area contributed by atoms with E-state index in [0.717, 1.165) is 17.7 Å². The largest absolute Gasteiger partial charge is 0.478 e. The quantitative estimate of drug-likeness (QED) is 0.187. The average molecular weight is 605 g/mol. The molecule has 0 bridgehead atoms. The molecule has 1 N–H and O–H groups in total. The number of pyridine rings is 1. The van der Waals surface area contributed by atoms with Gasteiger partial charge in [0.05, 0.1) is 22.3 Å². The zero-order valence-corrected chi connectivity index (χ0v) is 23.7. The highest BCUT2D eigenvalue weighted by atomic mass is 19.1. The normalized spacial score (nSPS) is 13.8. The van der Waals surface area contributed by atoms with Crippen LogP contribution in [0.5, 0.6) is 5.88 Å². The van der Waals surface area contributed by atoms with E-state index in [-0.39, 0.29) is 41.3 Å². The number of aryl methyl sites for hydroxylation is 1. The second-order valence-electron chi connectivity index (χ2n) is 10.9. The predicted octanol–water partition coefficient (Wildman–Crippen LogP) is 6.35. The molecule has 1 fully saturated rings. The number of carbonyl (C=O) groups is 1. The van der Waals surface area contributed by atoms with Crippen LogP contribution >= 0.6 is 0 Å². The van der Waals surface area contributed by atoms with Gasteiger partial charge in [0, 0.05) is 49.8 Å². The van der Waals surface area contributed by atoms with E-state index >= 15 is 8.78 Å².